The van der Waals surface area contributed by atoms with Gasteiger partial charge in [0.25, 0.3) is 0 Å². The maximum atomic E-state index is 12.7. The van der Waals surface area contributed by atoms with Gasteiger partial charge in [0.15, 0.2) is 5.54 Å². The number of dihydropyridines is 1. The Balaban J connectivity index is 0.00000181. The van der Waals surface area contributed by atoms with E-state index in [1.165, 1.54) is 44.1 Å². The van der Waals surface area contributed by atoms with Gasteiger partial charge in [0.1, 0.15) is 6.10 Å². The molecule has 8 unspecified atom stereocenters. The number of aliphatic imine (C=N–C) groups is 1. The highest BCUT2D eigenvalue weighted by Crippen LogP contribution is 2.66. The Morgan fingerprint density at radius 2 is 1.95 bits per heavy atom. The van der Waals surface area contributed by atoms with Crippen LogP contribution in [0.4, 0.5) is 0 Å². The lowest BCUT2D eigenvalue weighted by molar-refractivity contribution is -0.146. The first-order valence-corrected chi connectivity index (χ1v) is 16.1. The molecule has 220 valence electrons. The number of esters is 1. The number of hydrogen-bond acceptors (Lipinski definition) is 6. The predicted octanol–water partition coefficient (Wildman–Crippen LogP) is 8.51. The molecule has 6 nitrogen and oxygen atoms in total. The van der Waals surface area contributed by atoms with E-state index in [-0.39, 0.29) is 17.5 Å². The smallest absolute Gasteiger partial charge is 0.339 e. The lowest BCUT2D eigenvalue weighted by Crippen LogP contribution is -2.50. The highest BCUT2D eigenvalue weighted by atomic mass is 16.5. The molecule has 4 aliphatic carbocycles. The van der Waals surface area contributed by atoms with Crippen LogP contribution in [-0.4, -0.2) is 30.4 Å². The van der Waals surface area contributed by atoms with Crippen molar-refractivity contribution in [2.75, 3.05) is 6.54 Å². The molecule has 3 fully saturated rings. The number of carbonyl (C=O) groups is 1. The van der Waals surface area contributed by atoms with Gasteiger partial charge in [-0.15, -0.1) is 4.91 Å². The number of allylic oxidation sites excluding steroid dienone is 1. The number of unbranched alkanes of at least 4 members (excludes halogenated alkanes) is 1. The summed E-state index contributed by atoms with van der Waals surface area (Å²) in [6.07, 6.45) is 20.1. The van der Waals surface area contributed by atoms with Crippen LogP contribution >= 0.6 is 0 Å². The van der Waals surface area contributed by atoms with Crippen LogP contribution in [0.5, 0.6) is 0 Å². The highest BCUT2D eigenvalue weighted by Gasteiger charge is 2.58. The minimum Gasteiger partial charge on any atom is -0.458 e. The van der Waals surface area contributed by atoms with Crippen LogP contribution in [0.15, 0.2) is 33.5 Å². The Hall–Kier alpha value is -2.29. The van der Waals surface area contributed by atoms with Crippen molar-refractivity contribution < 1.29 is 9.53 Å². The van der Waals surface area contributed by atoms with Crippen LogP contribution in [0.2, 0.25) is 0 Å². The molecule has 8 atom stereocenters. The molecule has 1 heterocycles. The number of nitrogens with zero attached hydrogens (tertiary/aromatic N) is 3. The molecular weight excluding hydrogens is 498 g/mol. The summed E-state index contributed by atoms with van der Waals surface area (Å²) < 4.78 is 5.96. The van der Waals surface area contributed by atoms with Gasteiger partial charge in [-0.2, -0.15) is 5.26 Å². The molecule has 40 heavy (non-hydrogen) atoms. The molecule has 0 bridgehead atoms. The first kappa shape index (κ1) is 30.7. The average molecular weight is 550 g/mol. The van der Waals surface area contributed by atoms with Crippen molar-refractivity contribution >= 4 is 12.2 Å². The van der Waals surface area contributed by atoms with Crippen molar-refractivity contribution in [1.29, 1.82) is 5.26 Å². The quantitative estimate of drug-likeness (QED) is 0.131. The Morgan fingerprint density at radius 1 is 1.15 bits per heavy atom. The lowest BCUT2D eigenvalue weighted by atomic mass is 9.47. The first-order chi connectivity index (χ1) is 19.2. The number of nitroso groups, excluding NO2 is 1. The summed E-state index contributed by atoms with van der Waals surface area (Å²) in [6, 6.07) is 2.08. The fourth-order valence-electron chi connectivity index (χ4n) is 9.16. The summed E-state index contributed by atoms with van der Waals surface area (Å²) in [4.78, 5) is 27.9. The van der Waals surface area contributed by atoms with Crippen LogP contribution in [0.25, 0.3) is 0 Å². The van der Waals surface area contributed by atoms with Gasteiger partial charge in [-0.05, 0) is 117 Å². The Bertz CT molecular complexity index is 1070. The first-order valence-electron chi connectivity index (χ1n) is 16.1. The molecule has 1 aliphatic heterocycles. The second-order valence-electron chi connectivity index (χ2n) is 13.6. The van der Waals surface area contributed by atoms with Crippen LogP contribution in [0.1, 0.15) is 118 Å². The molecule has 0 amide bonds. The van der Waals surface area contributed by atoms with Gasteiger partial charge in [-0.3, -0.25) is 4.99 Å². The molecule has 0 saturated heterocycles. The predicted molar refractivity (Wildman–Crippen MR) is 161 cm³/mol. The normalized spacial score (nSPS) is 37.5. The van der Waals surface area contributed by atoms with Crippen molar-refractivity contribution in [3.8, 4) is 6.07 Å². The molecular formula is C34H51N3O3. The van der Waals surface area contributed by atoms with Crippen molar-refractivity contribution in [3.05, 3.63) is 28.2 Å². The Kier molecular flexibility index (Phi) is 9.74. The van der Waals surface area contributed by atoms with Crippen molar-refractivity contribution in [3.63, 3.8) is 0 Å². The SMILES string of the molecule is CC.CC(C#N)(CCCCC1CCC2C3CC=C4CC(OC(=O)C5=CCCN=C5)CCC4(C)C3CCC12C)N=O. The second-order valence-corrected chi connectivity index (χ2v) is 13.6. The number of carbonyl (C=O) groups excluding carboxylic acids is 1. The molecule has 0 aromatic carbocycles. The Morgan fingerprint density at radius 3 is 2.65 bits per heavy atom. The van der Waals surface area contributed by atoms with E-state index in [2.05, 4.69) is 36.2 Å². The van der Waals surface area contributed by atoms with E-state index in [0.29, 0.717) is 17.4 Å². The van der Waals surface area contributed by atoms with Crippen LogP contribution in [0, 0.1) is 50.7 Å². The van der Waals surface area contributed by atoms with Crippen molar-refractivity contribution in [2.45, 2.75) is 130 Å². The summed E-state index contributed by atoms with van der Waals surface area (Å²) in [6.45, 7) is 11.5. The molecule has 5 rings (SSSR count). The molecule has 0 spiro atoms. The Labute approximate surface area is 242 Å². The monoisotopic (exact) mass is 549 g/mol. The van der Waals surface area contributed by atoms with E-state index in [1.54, 1.807) is 13.1 Å². The van der Waals surface area contributed by atoms with Crippen LogP contribution in [0.3, 0.4) is 0 Å². The largest absolute Gasteiger partial charge is 0.458 e. The molecule has 0 aromatic heterocycles. The number of nitriles is 1. The zero-order valence-corrected chi connectivity index (χ0v) is 25.6. The second kappa shape index (κ2) is 12.7. The van der Waals surface area contributed by atoms with E-state index in [9.17, 15) is 15.0 Å². The minimum atomic E-state index is -1.07. The standard InChI is InChI=1S/C32H45N3O3.C2H6/c1-30(21-33,35-37)15-5-4-8-23-10-12-27-26-11-9-24-19-25(38-29(36)22-7-6-18-34-20-22)13-16-32(24,3)28(26)14-17-31(23,27)2;1-2/h7,9,20,23,25-28H,4-6,8,10-19H2,1-3H3;1-2H3. The third-order valence-electron chi connectivity index (χ3n) is 11.5. The number of hydrogen-bond donors (Lipinski definition) is 0. The number of ether oxygens (including phenoxy) is 1. The third-order valence-corrected chi connectivity index (χ3v) is 11.5. The molecule has 3 saturated carbocycles. The maximum Gasteiger partial charge on any atom is 0.339 e. The number of fused-ring (bicyclic) bond motifs is 5. The van der Waals surface area contributed by atoms with Gasteiger partial charge in [0.2, 0.25) is 0 Å². The van der Waals surface area contributed by atoms with Crippen LogP contribution < -0.4 is 0 Å². The summed E-state index contributed by atoms with van der Waals surface area (Å²) >= 11 is 0. The van der Waals surface area contributed by atoms with E-state index in [4.69, 9.17) is 4.74 Å². The average Bonchev–Trinajstić information content (AvgIpc) is 3.33. The zero-order chi connectivity index (χ0) is 29.0. The fourth-order valence-corrected chi connectivity index (χ4v) is 9.16. The molecule has 0 aromatic rings. The van der Waals surface area contributed by atoms with E-state index >= 15 is 0 Å². The molecule has 5 aliphatic rings. The number of rotatable bonds is 8. The maximum absolute atomic E-state index is 12.7. The topological polar surface area (TPSA) is 91.9 Å². The van der Waals surface area contributed by atoms with Gasteiger partial charge in [0.05, 0.1) is 11.6 Å². The van der Waals surface area contributed by atoms with Gasteiger partial charge < -0.3 is 4.74 Å². The highest BCUT2D eigenvalue weighted by molar-refractivity contribution is 6.09. The van der Waals surface area contributed by atoms with E-state index in [1.807, 2.05) is 19.9 Å². The lowest BCUT2D eigenvalue weighted by Gasteiger charge is -2.58. The molecule has 6 heteroatoms. The fraction of sp³-hybridized carbons (Fsp3) is 0.794. The van der Waals surface area contributed by atoms with Gasteiger partial charge in [0, 0.05) is 19.2 Å². The summed E-state index contributed by atoms with van der Waals surface area (Å²) in [5.41, 5.74) is 1.73. The summed E-state index contributed by atoms with van der Waals surface area (Å²) in [5.74, 6) is 2.82. The minimum absolute atomic E-state index is 0.0170. The molecule has 0 radical (unpaired) electrons. The summed E-state index contributed by atoms with van der Waals surface area (Å²) in [5, 5.41) is 12.3. The van der Waals surface area contributed by atoms with Gasteiger partial charge in [-0.1, -0.05) is 51.8 Å². The third kappa shape index (κ3) is 5.86. The van der Waals surface area contributed by atoms with Crippen molar-refractivity contribution in [2.24, 2.45) is 44.7 Å². The van der Waals surface area contributed by atoms with Gasteiger partial charge >= 0.3 is 5.97 Å². The van der Waals surface area contributed by atoms with E-state index < -0.39 is 5.54 Å². The van der Waals surface area contributed by atoms with Crippen LogP contribution in [-0.2, 0) is 9.53 Å². The van der Waals surface area contributed by atoms with Crippen molar-refractivity contribution in [1.82, 2.24) is 0 Å². The summed E-state index contributed by atoms with van der Waals surface area (Å²) in [7, 11) is 0. The van der Waals surface area contributed by atoms with Gasteiger partial charge in [-0.25, -0.2) is 4.79 Å². The van der Waals surface area contributed by atoms with E-state index in [0.717, 1.165) is 68.7 Å². The zero-order valence-electron chi connectivity index (χ0n) is 25.6. The molecule has 0 N–H and O–H groups in total.